The number of anilines is 3. The summed E-state index contributed by atoms with van der Waals surface area (Å²) in [7, 11) is 0. The summed E-state index contributed by atoms with van der Waals surface area (Å²) in [5, 5.41) is 12.5. The summed E-state index contributed by atoms with van der Waals surface area (Å²) in [6, 6.07) is 9.99. The SMILES string of the molecule is Cc1ncc(-c2ccnc(Nc3ccccc3N3CCN(C(=O)CO)C(Cl)C3)n2)n1C(C)C. The zero-order valence-electron chi connectivity index (χ0n) is 18.9. The van der Waals surface area contributed by atoms with Gasteiger partial charge in [-0.2, -0.15) is 0 Å². The van der Waals surface area contributed by atoms with Crippen LogP contribution in [0.2, 0.25) is 0 Å². The van der Waals surface area contributed by atoms with E-state index in [0.29, 0.717) is 25.6 Å². The molecule has 174 valence electrons. The van der Waals surface area contributed by atoms with E-state index in [-0.39, 0.29) is 11.9 Å². The minimum atomic E-state index is -0.537. The van der Waals surface area contributed by atoms with E-state index < -0.39 is 12.1 Å². The molecule has 0 spiro atoms. The van der Waals surface area contributed by atoms with E-state index in [1.165, 1.54) is 4.90 Å². The highest BCUT2D eigenvalue weighted by Crippen LogP contribution is 2.31. The van der Waals surface area contributed by atoms with Gasteiger partial charge in [-0.05, 0) is 39.0 Å². The number of rotatable bonds is 6. The highest BCUT2D eigenvalue weighted by molar-refractivity contribution is 6.21. The highest BCUT2D eigenvalue weighted by atomic mass is 35.5. The summed E-state index contributed by atoms with van der Waals surface area (Å²) in [6.07, 6.45) is 3.57. The number of piperazine rings is 1. The quantitative estimate of drug-likeness (QED) is 0.422. The molecule has 1 aliphatic heterocycles. The lowest BCUT2D eigenvalue weighted by Gasteiger charge is -2.40. The van der Waals surface area contributed by atoms with Crippen LogP contribution in [0.15, 0.2) is 42.7 Å². The molecule has 2 aromatic heterocycles. The zero-order valence-corrected chi connectivity index (χ0v) is 19.7. The molecule has 3 heterocycles. The number of carbonyl (C=O) groups excluding carboxylic acids is 1. The van der Waals surface area contributed by atoms with Gasteiger partial charge in [0.25, 0.3) is 0 Å². The number of aromatic nitrogens is 4. The number of nitrogens with one attached hydrogen (secondary N) is 1. The summed E-state index contributed by atoms with van der Waals surface area (Å²) >= 11 is 6.44. The molecule has 1 saturated heterocycles. The van der Waals surface area contributed by atoms with Crippen LogP contribution in [0, 0.1) is 6.92 Å². The number of nitrogens with zero attached hydrogens (tertiary/aromatic N) is 6. The first-order valence-electron chi connectivity index (χ1n) is 10.9. The lowest BCUT2D eigenvalue weighted by atomic mass is 10.2. The van der Waals surface area contributed by atoms with Gasteiger partial charge >= 0.3 is 0 Å². The first-order chi connectivity index (χ1) is 15.9. The van der Waals surface area contributed by atoms with Gasteiger partial charge in [-0.3, -0.25) is 4.79 Å². The van der Waals surface area contributed by atoms with Gasteiger partial charge in [0, 0.05) is 25.3 Å². The van der Waals surface area contributed by atoms with E-state index in [1.54, 1.807) is 6.20 Å². The smallest absolute Gasteiger partial charge is 0.249 e. The minimum absolute atomic E-state index is 0.259. The van der Waals surface area contributed by atoms with Crippen molar-refractivity contribution < 1.29 is 9.90 Å². The predicted octanol–water partition coefficient (Wildman–Crippen LogP) is 3.18. The third-order valence-corrected chi connectivity index (χ3v) is 6.06. The lowest BCUT2D eigenvalue weighted by molar-refractivity contribution is -0.135. The van der Waals surface area contributed by atoms with Crippen molar-refractivity contribution in [1.29, 1.82) is 0 Å². The Kier molecular flexibility index (Phi) is 6.80. The number of para-hydroxylation sites is 2. The fourth-order valence-electron chi connectivity index (χ4n) is 4.16. The number of alkyl halides is 1. The largest absolute Gasteiger partial charge is 0.387 e. The van der Waals surface area contributed by atoms with Gasteiger partial charge < -0.3 is 24.8 Å². The maximum Gasteiger partial charge on any atom is 0.249 e. The monoisotopic (exact) mass is 469 g/mol. The molecule has 33 heavy (non-hydrogen) atoms. The second-order valence-electron chi connectivity index (χ2n) is 8.19. The molecule has 0 aliphatic carbocycles. The molecular formula is C23H28ClN7O2. The molecular weight excluding hydrogens is 442 g/mol. The van der Waals surface area contributed by atoms with Crippen LogP contribution in [-0.4, -0.2) is 67.2 Å². The molecule has 9 nitrogen and oxygen atoms in total. The molecule has 1 amide bonds. The van der Waals surface area contributed by atoms with Crippen molar-refractivity contribution in [2.75, 3.05) is 36.5 Å². The van der Waals surface area contributed by atoms with Crippen LogP contribution in [0.4, 0.5) is 17.3 Å². The number of hydrogen-bond donors (Lipinski definition) is 2. The summed E-state index contributed by atoms with van der Waals surface area (Å²) in [6.45, 7) is 7.16. The Morgan fingerprint density at radius 3 is 2.76 bits per heavy atom. The third-order valence-electron chi connectivity index (χ3n) is 5.68. The van der Waals surface area contributed by atoms with Crippen molar-refractivity contribution in [3.8, 4) is 11.4 Å². The average molecular weight is 470 g/mol. The second-order valence-corrected chi connectivity index (χ2v) is 8.69. The first-order valence-corrected chi connectivity index (χ1v) is 11.3. The van der Waals surface area contributed by atoms with Gasteiger partial charge in [-0.25, -0.2) is 15.0 Å². The number of aryl methyl sites for hydroxylation is 1. The average Bonchev–Trinajstić information content (AvgIpc) is 3.21. The lowest BCUT2D eigenvalue weighted by Crippen LogP contribution is -2.53. The molecule has 3 aromatic rings. The molecule has 2 N–H and O–H groups in total. The maximum absolute atomic E-state index is 11.9. The molecule has 1 aliphatic rings. The Morgan fingerprint density at radius 1 is 1.24 bits per heavy atom. The van der Waals surface area contributed by atoms with Crippen LogP contribution in [-0.2, 0) is 4.79 Å². The summed E-state index contributed by atoms with van der Waals surface area (Å²) in [5.74, 6) is 1.06. The highest BCUT2D eigenvalue weighted by Gasteiger charge is 2.29. The molecule has 1 unspecified atom stereocenters. The van der Waals surface area contributed by atoms with Crippen LogP contribution in [0.3, 0.4) is 0 Å². The fourth-order valence-corrected chi connectivity index (χ4v) is 4.54. The maximum atomic E-state index is 11.9. The molecule has 0 bridgehead atoms. The number of carbonyl (C=O) groups is 1. The van der Waals surface area contributed by atoms with Crippen molar-refractivity contribution >= 4 is 34.8 Å². The first kappa shape index (κ1) is 23.0. The van der Waals surface area contributed by atoms with Gasteiger partial charge in [-0.15, -0.1) is 0 Å². The Balaban J connectivity index is 1.57. The van der Waals surface area contributed by atoms with Crippen LogP contribution in [0.1, 0.15) is 25.7 Å². The van der Waals surface area contributed by atoms with Crippen molar-refractivity contribution in [3.63, 3.8) is 0 Å². The van der Waals surface area contributed by atoms with Crippen LogP contribution >= 0.6 is 11.6 Å². The summed E-state index contributed by atoms with van der Waals surface area (Å²) in [5.41, 5.74) is 2.99. The van der Waals surface area contributed by atoms with Gasteiger partial charge in [0.1, 0.15) is 17.9 Å². The second kappa shape index (κ2) is 9.76. The van der Waals surface area contributed by atoms with Crippen LogP contribution in [0.5, 0.6) is 0 Å². The van der Waals surface area contributed by atoms with E-state index in [0.717, 1.165) is 28.6 Å². The number of halogens is 1. The topological polar surface area (TPSA) is 99.4 Å². The molecule has 10 heteroatoms. The Bertz CT molecular complexity index is 1130. The van der Waals surface area contributed by atoms with Gasteiger partial charge in [0.15, 0.2) is 0 Å². The Labute approximate surface area is 198 Å². The van der Waals surface area contributed by atoms with Gasteiger partial charge in [-0.1, -0.05) is 23.7 Å². The van der Waals surface area contributed by atoms with Crippen molar-refractivity contribution in [1.82, 2.24) is 24.4 Å². The number of imidazole rings is 1. The van der Waals surface area contributed by atoms with E-state index in [1.807, 2.05) is 43.5 Å². The number of aliphatic hydroxyl groups excluding tert-OH is 1. The molecule has 1 atom stereocenters. The third kappa shape index (κ3) is 4.79. The Morgan fingerprint density at radius 2 is 2.03 bits per heavy atom. The van der Waals surface area contributed by atoms with Crippen molar-refractivity contribution in [2.45, 2.75) is 32.3 Å². The fraction of sp³-hybridized carbons (Fsp3) is 0.391. The molecule has 0 radical (unpaired) electrons. The summed E-state index contributed by atoms with van der Waals surface area (Å²) in [4.78, 5) is 29.1. The van der Waals surface area contributed by atoms with Crippen molar-refractivity contribution in [2.24, 2.45) is 0 Å². The number of amides is 1. The van der Waals surface area contributed by atoms with Gasteiger partial charge in [0.2, 0.25) is 11.9 Å². The minimum Gasteiger partial charge on any atom is -0.387 e. The van der Waals surface area contributed by atoms with Crippen LogP contribution < -0.4 is 10.2 Å². The molecule has 1 fully saturated rings. The summed E-state index contributed by atoms with van der Waals surface area (Å²) < 4.78 is 2.15. The van der Waals surface area contributed by atoms with E-state index >= 15 is 0 Å². The predicted molar refractivity (Wildman–Crippen MR) is 129 cm³/mol. The van der Waals surface area contributed by atoms with E-state index in [4.69, 9.17) is 21.7 Å². The Hall–Kier alpha value is -3.17. The van der Waals surface area contributed by atoms with E-state index in [9.17, 15) is 4.79 Å². The number of hydrogen-bond acceptors (Lipinski definition) is 7. The van der Waals surface area contributed by atoms with Crippen molar-refractivity contribution in [3.05, 3.63) is 48.5 Å². The van der Waals surface area contributed by atoms with Gasteiger partial charge in [0.05, 0.1) is 35.5 Å². The molecule has 1 aromatic carbocycles. The zero-order chi connectivity index (χ0) is 23.5. The number of benzene rings is 1. The normalized spacial score (nSPS) is 16.4. The molecule has 0 saturated carbocycles. The van der Waals surface area contributed by atoms with E-state index in [2.05, 4.69) is 38.6 Å². The van der Waals surface area contributed by atoms with Crippen LogP contribution in [0.25, 0.3) is 11.4 Å². The molecule has 4 rings (SSSR count). The number of aliphatic hydroxyl groups is 1. The standard InChI is InChI=1S/C23H28ClN7O2/c1-15(2)31-16(3)26-12-20(31)18-8-9-25-23(28-18)27-17-6-4-5-7-19(17)29-10-11-30(21(24)13-29)22(33)14-32/h4-9,12,15,21,32H,10-11,13-14H2,1-3H3,(H,25,27,28).